The minimum atomic E-state index is -0.466. The van der Waals surface area contributed by atoms with Crippen LogP contribution < -0.4 is 5.32 Å². The molecule has 0 saturated heterocycles. The van der Waals surface area contributed by atoms with Gasteiger partial charge in [0.2, 0.25) is 11.7 Å². The first kappa shape index (κ1) is 19.4. The van der Waals surface area contributed by atoms with E-state index in [-0.39, 0.29) is 24.7 Å². The fourth-order valence-corrected chi connectivity index (χ4v) is 2.61. The van der Waals surface area contributed by atoms with E-state index in [1.165, 1.54) is 6.92 Å². The van der Waals surface area contributed by atoms with E-state index >= 15 is 0 Å². The van der Waals surface area contributed by atoms with Crippen LogP contribution in [0.15, 0.2) is 36.4 Å². The van der Waals surface area contributed by atoms with Gasteiger partial charge in [0.15, 0.2) is 6.61 Å². The molecule has 0 heterocycles. The number of benzene rings is 2. The molecule has 0 aromatic heterocycles. The Kier molecular flexibility index (Phi) is 6.28. The van der Waals surface area contributed by atoms with Crippen LogP contribution in [0.1, 0.15) is 39.5 Å². The maximum Gasteiger partial charge on any atom is 0.310 e. The van der Waals surface area contributed by atoms with E-state index < -0.39 is 5.97 Å². The van der Waals surface area contributed by atoms with Gasteiger partial charge in [0.25, 0.3) is 0 Å². The molecule has 26 heavy (non-hydrogen) atoms. The zero-order valence-corrected chi connectivity index (χ0v) is 15.5. The summed E-state index contributed by atoms with van der Waals surface area (Å²) in [6, 6.07) is 10.7. The highest BCUT2D eigenvalue weighted by Crippen LogP contribution is 2.16. The van der Waals surface area contributed by atoms with Crippen molar-refractivity contribution in [2.75, 3.05) is 11.9 Å². The molecule has 5 heteroatoms. The van der Waals surface area contributed by atoms with Crippen molar-refractivity contribution in [1.82, 2.24) is 0 Å². The summed E-state index contributed by atoms with van der Waals surface area (Å²) in [5.74, 6) is -0.829. The topological polar surface area (TPSA) is 72.5 Å². The van der Waals surface area contributed by atoms with Gasteiger partial charge in [0.1, 0.15) is 0 Å². The second-order valence-corrected chi connectivity index (χ2v) is 6.39. The molecule has 1 amide bonds. The molecule has 0 spiro atoms. The minimum absolute atomic E-state index is 0.0690. The second-order valence-electron chi connectivity index (χ2n) is 6.39. The molecular weight excluding hydrogens is 330 g/mol. The van der Waals surface area contributed by atoms with Crippen molar-refractivity contribution >= 4 is 23.3 Å². The van der Waals surface area contributed by atoms with Gasteiger partial charge >= 0.3 is 5.97 Å². The van der Waals surface area contributed by atoms with Crippen LogP contribution in [0.2, 0.25) is 0 Å². The lowest BCUT2D eigenvalue weighted by molar-refractivity contribution is -0.141. The lowest BCUT2D eigenvalue weighted by Gasteiger charge is -2.10. The fourth-order valence-electron chi connectivity index (χ4n) is 2.61. The number of carbonyl (C=O) groups is 3. The van der Waals surface area contributed by atoms with Crippen molar-refractivity contribution in [3.63, 3.8) is 0 Å². The predicted molar refractivity (Wildman–Crippen MR) is 100 cm³/mol. The maximum absolute atomic E-state index is 12.3. The number of rotatable bonds is 6. The number of amides is 1. The zero-order valence-electron chi connectivity index (χ0n) is 15.5. The molecule has 0 aliphatic rings. The molecule has 0 unspecified atom stereocenters. The first-order valence-corrected chi connectivity index (χ1v) is 8.39. The monoisotopic (exact) mass is 353 g/mol. The van der Waals surface area contributed by atoms with Gasteiger partial charge in [0, 0.05) is 18.2 Å². The fraction of sp³-hybridized carbons (Fsp3) is 0.286. The van der Waals surface area contributed by atoms with E-state index in [4.69, 9.17) is 4.74 Å². The zero-order chi connectivity index (χ0) is 19.3. The van der Waals surface area contributed by atoms with E-state index in [0.29, 0.717) is 11.3 Å². The summed E-state index contributed by atoms with van der Waals surface area (Å²) in [5.41, 5.74) is 5.03. The maximum atomic E-state index is 12.3. The number of ketones is 1. The second kappa shape index (κ2) is 8.43. The average molecular weight is 353 g/mol. The molecule has 0 fully saturated rings. The van der Waals surface area contributed by atoms with E-state index in [2.05, 4.69) is 5.32 Å². The molecule has 0 aliphatic carbocycles. The molecule has 0 aliphatic heterocycles. The molecule has 0 radical (unpaired) electrons. The highest BCUT2D eigenvalue weighted by Gasteiger charge is 2.14. The number of ether oxygens (including phenoxy) is 1. The Hall–Kier alpha value is -2.95. The Morgan fingerprint density at radius 2 is 1.54 bits per heavy atom. The number of Topliss-reactive ketones (excluding diaryl/α,β-unsaturated/α-hetero) is 1. The van der Waals surface area contributed by atoms with E-state index in [9.17, 15) is 14.4 Å². The van der Waals surface area contributed by atoms with E-state index in [0.717, 1.165) is 22.3 Å². The number of esters is 1. The standard InChI is InChI=1S/C21H23NO4/c1-13-9-15(3)19(10-14(13)2)20(24)12-26-21(25)11-17-5-7-18(8-6-17)22-16(4)23/h5-10H,11-12H2,1-4H3,(H,22,23). The predicted octanol–water partition coefficient (Wildman–Crippen LogP) is 3.54. The van der Waals surface area contributed by atoms with E-state index in [1.807, 2.05) is 32.9 Å². The highest BCUT2D eigenvalue weighted by molar-refractivity contribution is 5.99. The Labute approximate surface area is 153 Å². The Bertz CT molecular complexity index is 838. The molecule has 0 saturated carbocycles. The van der Waals surface area contributed by atoms with Crippen molar-refractivity contribution in [2.24, 2.45) is 0 Å². The number of anilines is 1. The Balaban J connectivity index is 1.91. The summed E-state index contributed by atoms with van der Waals surface area (Å²) < 4.78 is 5.12. The van der Waals surface area contributed by atoms with Gasteiger partial charge in [0.05, 0.1) is 6.42 Å². The lowest BCUT2D eigenvalue weighted by atomic mass is 9.98. The van der Waals surface area contributed by atoms with Crippen LogP contribution in [-0.2, 0) is 20.7 Å². The van der Waals surface area contributed by atoms with Crippen LogP contribution in [-0.4, -0.2) is 24.3 Å². The highest BCUT2D eigenvalue weighted by atomic mass is 16.5. The molecule has 1 N–H and O–H groups in total. The largest absolute Gasteiger partial charge is 0.457 e. The number of aryl methyl sites for hydroxylation is 3. The van der Waals surface area contributed by atoms with Gasteiger partial charge < -0.3 is 10.1 Å². The average Bonchev–Trinajstić information content (AvgIpc) is 2.57. The molecule has 2 aromatic rings. The number of hydrogen-bond donors (Lipinski definition) is 1. The third kappa shape index (κ3) is 5.28. The van der Waals surface area contributed by atoms with Gasteiger partial charge in [-0.2, -0.15) is 0 Å². The number of carbonyl (C=O) groups excluding carboxylic acids is 3. The number of nitrogens with one attached hydrogen (secondary N) is 1. The van der Waals surface area contributed by atoms with Gasteiger partial charge in [-0.3, -0.25) is 14.4 Å². The molecule has 5 nitrogen and oxygen atoms in total. The molecular formula is C21H23NO4. The van der Waals surface area contributed by atoms with Gasteiger partial charge in [-0.05, 0) is 61.2 Å². The summed E-state index contributed by atoms with van der Waals surface area (Å²) in [6.07, 6.45) is 0.0690. The van der Waals surface area contributed by atoms with Crippen LogP contribution in [0.4, 0.5) is 5.69 Å². The third-order valence-corrected chi connectivity index (χ3v) is 4.13. The van der Waals surface area contributed by atoms with Crippen molar-refractivity contribution < 1.29 is 19.1 Å². The molecule has 2 rings (SSSR count). The van der Waals surface area contributed by atoms with Gasteiger partial charge in [-0.15, -0.1) is 0 Å². The first-order chi connectivity index (χ1) is 12.3. The lowest BCUT2D eigenvalue weighted by Crippen LogP contribution is -2.16. The minimum Gasteiger partial charge on any atom is -0.457 e. The number of hydrogen-bond acceptors (Lipinski definition) is 4. The third-order valence-electron chi connectivity index (χ3n) is 4.13. The van der Waals surface area contributed by atoms with Crippen LogP contribution in [0, 0.1) is 20.8 Å². The molecule has 2 aromatic carbocycles. The van der Waals surface area contributed by atoms with Crippen LogP contribution in [0.3, 0.4) is 0 Å². The summed E-state index contributed by atoms with van der Waals surface area (Å²) in [4.78, 5) is 35.3. The van der Waals surface area contributed by atoms with Crippen LogP contribution in [0.5, 0.6) is 0 Å². The summed E-state index contributed by atoms with van der Waals surface area (Å²) >= 11 is 0. The van der Waals surface area contributed by atoms with Crippen molar-refractivity contribution in [1.29, 1.82) is 0 Å². The SMILES string of the molecule is CC(=O)Nc1ccc(CC(=O)OCC(=O)c2cc(C)c(C)cc2C)cc1. The van der Waals surface area contributed by atoms with Gasteiger partial charge in [-0.25, -0.2) is 0 Å². The molecule has 0 bridgehead atoms. The summed E-state index contributed by atoms with van der Waals surface area (Å²) in [7, 11) is 0. The normalized spacial score (nSPS) is 10.3. The van der Waals surface area contributed by atoms with Crippen molar-refractivity contribution in [2.45, 2.75) is 34.1 Å². The Morgan fingerprint density at radius 3 is 2.15 bits per heavy atom. The van der Waals surface area contributed by atoms with E-state index in [1.54, 1.807) is 24.3 Å². The molecule has 0 atom stereocenters. The van der Waals surface area contributed by atoms with Crippen LogP contribution in [0.25, 0.3) is 0 Å². The smallest absolute Gasteiger partial charge is 0.310 e. The van der Waals surface area contributed by atoms with Gasteiger partial charge in [-0.1, -0.05) is 18.2 Å². The summed E-state index contributed by atoms with van der Waals surface area (Å²) in [5, 5.41) is 2.66. The first-order valence-electron chi connectivity index (χ1n) is 8.39. The summed E-state index contributed by atoms with van der Waals surface area (Å²) in [6.45, 7) is 6.97. The van der Waals surface area contributed by atoms with Crippen molar-refractivity contribution in [3.8, 4) is 0 Å². The quantitative estimate of drug-likeness (QED) is 0.637. The van der Waals surface area contributed by atoms with Crippen LogP contribution >= 0.6 is 0 Å². The molecule has 136 valence electrons. The van der Waals surface area contributed by atoms with Crippen molar-refractivity contribution in [3.05, 3.63) is 64.2 Å². The Morgan fingerprint density at radius 1 is 0.923 bits per heavy atom.